The van der Waals surface area contributed by atoms with E-state index >= 15 is 0 Å². The summed E-state index contributed by atoms with van der Waals surface area (Å²) < 4.78 is 5.25. The smallest absolute Gasteiger partial charge is 0.294 e. The fraction of sp³-hybridized carbons (Fsp3) is 0.227. The molecule has 140 valence electrons. The van der Waals surface area contributed by atoms with Gasteiger partial charge in [-0.2, -0.15) is 0 Å². The zero-order valence-corrected chi connectivity index (χ0v) is 15.5. The molecule has 2 aromatic heterocycles. The summed E-state index contributed by atoms with van der Waals surface area (Å²) in [5.41, 5.74) is 5.25. The molecule has 28 heavy (non-hydrogen) atoms. The van der Waals surface area contributed by atoms with Gasteiger partial charge in [0, 0.05) is 23.2 Å². The Kier molecular flexibility index (Phi) is 3.97. The average Bonchev–Trinajstić information content (AvgIpc) is 3.27. The van der Waals surface area contributed by atoms with E-state index in [1.54, 1.807) is 6.07 Å². The molecule has 2 N–H and O–H groups in total. The van der Waals surface area contributed by atoms with Crippen LogP contribution < -0.4 is 5.32 Å². The molecule has 0 aliphatic heterocycles. The Balaban J connectivity index is 1.34. The van der Waals surface area contributed by atoms with E-state index in [4.69, 9.17) is 4.52 Å². The highest BCUT2D eigenvalue weighted by atomic mass is 16.5. The number of carbonyl (C=O) groups is 1. The molecular formula is C22H20N4O2. The van der Waals surface area contributed by atoms with Crippen molar-refractivity contribution in [2.45, 2.75) is 32.1 Å². The molecule has 1 saturated carbocycles. The van der Waals surface area contributed by atoms with Crippen LogP contribution in [-0.2, 0) is 0 Å². The second-order valence-corrected chi connectivity index (χ2v) is 7.38. The maximum Gasteiger partial charge on any atom is 0.294 e. The monoisotopic (exact) mass is 372 g/mol. The quantitative estimate of drug-likeness (QED) is 0.525. The van der Waals surface area contributed by atoms with Crippen LogP contribution in [0.25, 0.3) is 22.3 Å². The molecule has 1 aliphatic carbocycles. The molecule has 1 aliphatic rings. The van der Waals surface area contributed by atoms with Gasteiger partial charge in [-0.3, -0.25) is 4.79 Å². The Bertz CT molecular complexity index is 1150. The summed E-state index contributed by atoms with van der Waals surface area (Å²) in [5, 5.41) is 6.89. The van der Waals surface area contributed by atoms with Gasteiger partial charge in [-0.1, -0.05) is 41.4 Å². The molecule has 2 heterocycles. The SMILES string of the molecule is Cc1ccc(-c2cc(C(=O)Nc3ccc4nc(C5CCC5)[nH]c4c3)on2)cc1. The van der Waals surface area contributed by atoms with E-state index in [-0.39, 0.29) is 11.7 Å². The first-order chi connectivity index (χ1) is 13.7. The molecule has 4 aromatic rings. The van der Waals surface area contributed by atoms with Gasteiger partial charge >= 0.3 is 0 Å². The number of rotatable bonds is 4. The summed E-state index contributed by atoms with van der Waals surface area (Å²) in [6, 6.07) is 15.2. The second kappa shape index (κ2) is 6.64. The molecule has 2 aromatic carbocycles. The summed E-state index contributed by atoms with van der Waals surface area (Å²) in [4.78, 5) is 20.6. The fourth-order valence-corrected chi connectivity index (χ4v) is 3.42. The molecule has 6 heteroatoms. The predicted molar refractivity (Wildman–Crippen MR) is 107 cm³/mol. The zero-order valence-electron chi connectivity index (χ0n) is 15.5. The molecule has 0 spiro atoms. The van der Waals surface area contributed by atoms with Crippen molar-refractivity contribution in [2.24, 2.45) is 0 Å². The minimum atomic E-state index is -0.330. The van der Waals surface area contributed by atoms with Gasteiger partial charge in [-0.15, -0.1) is 0 Å². The number of carbonyl (C=O) groups excluding carboxylic acids is 1. The van der Waals surface area contributed by atoms with Crippen molar-refractivity contribution in [1.82, 2.24) is 15.1 Å². The molecule has 0 bridgehead atoms. The summed E-state index contributed by atoms with van der Waals surface area (Å²) in [5.74, 6) is 1.43. The van der Waals surface area contributed by atoms with Gasteiger partial charge in [0.15, 0.2) is 0 Å². The van der Waals surface area contributed by atoms with E-state index in [0.29, 0.717) is 17.3 Å². The maximum absolute atomic E-state index is 12.5. The van der Waals surface area contributed by atoms with Gasteiger partial charge in [0.2, 0.25) is 5.76 Å². The van der Waals surface area contributed by atoms with E-state index in [1.807, 2.05) is 49.4 Å². The van der Waals surface area contributed by atoms with E-state index in [1.165, 1.54) is 24.8 Å². The Morgan fingerprint density at radius 3 is 2.71 bits per heavy atom. The second-order valence-electron chi connectivity index (χ2n) is 7.38. The topological polar surface area (TPSA) is 83.8 Å². The average molecular weight is 372 g/mol. The highest BCUT2D eigenvalue weighted by molar-refractivity contribution is 6.03. The number of H-pyrrole nitrogens is 1. The molecule has 0 unspecified atom stereocenters. The van der Waals surface area contributed by atoms with Crippen molar-refractivity contribution in [2.75, 3.05) is 5.32 Å². The van der Waals surface area contributed by atoms with Gasteiger partial charge in [0.25, 0.3) is 5.91 Å². The summed E-state index contributed by atoms with van der Waals surface area (Å²) in [7, 11) is 0. The van der Waals surface area contributed by atoms with Crippen LogP contribution in [0.15, 0.2) is 53.1 Å². The number of aryl methyl sites for hydroxylation is 1. The molecule has 6 nitrogen and oxygen atoms in total. The van der Waals surface area contributed by atoms with Crippen molar-refractivity contribution in [3.63, 3.8) is 0 Å². The lowest BCUT2D eigenvalue weighted by atomic mass is 9.85. The molecule has 1 fully saturated rings. The fourth-order valence-electron chi connectivity index (χ4n) is 3.42. The molecule has 0 saturated heterocycles. The third-order valence-corrected chi connectivity index (χ3v) is 5.33. The first kappa shape index (κ1) is 16.7. The number of aromatic amines is 1. The number of nitrogens with one attached hydrogen (secondary N) is 2. The van der Waals surface area contributed by atoms with E-state index in [0.717, 1.165) is 22.4 Å². The molecule has 0 atom stereocenters. The molecule has 1 amide bonds. The highest BCUT2D eigenvalue weighted by Gasteiger charge is 2.22. The number of nitrogens with zero attached hydrogens (tertiary/aromatic N) is 2. The highest BCUT2D eigenvalue weighted by Crippen LogP contribution is 2.35. The van der Waals surface area contributed by atoms with Crippen LogP contribution in [0.4, 0.5) is 5.69 Å². The number of imidazole rings is 1. The van der Waals surface area contributed by atoms with Crippen molar-refractivity contribution < 1.29 is 9.32 Å². The van der Waals surface area contributed by atoms with Gasteiger partial charge in [0.1, 0.15) is 11.5 Å². The van der Waals surface area contributed by atoms with Crippen LogP contribution in [0.3, 0.4) is 0 Å². The Hall–Kier alpha value is -3.41. The molecular weight excluding hydrogens is 352 g/mol. The largest absolute Gasteiger partial charge is 0.350 e. The normalized spacial score (nSPS) is 14.2. The van der Waals surface area contributed by atoms with Crippen LogP contribution in [0, 0.1) is 6.92 Å². The Labute approximate surface area is 162 Å². The number of aromatic nitrogens is 3. The van der Waals surface area contributed by atoms with Gasteiger partial charge in [-0.05, 0) is 38.0 Å². The van der Waals surface area contributed by atoms with Crippen molar-refractivity contribution in [3.05, 3.63) is 65.7 Å². The van der Waals surface area contributed by atoms with E-state index < -0.39 is 0 Å². The summed E-state index contributed by atoms with van der Waals surface area (Å²) in [6.45, 7) is 2.02. The summed E-state index contributed by atoms with van der Waals surface area (Å²) >= 11 is 0. The number of hydrogen-bond acceptors (Lipinski definition) is 4. The summed E-state index contributed by atoms with van der Waals surface area (Å²) in [6.07, 6.45) is 3.65. The number of anilines is 1. The third-order valence-electron chi connectivity index (χ3n) is 5.33. The zero-order chi connectivity index (χ0) is 19.1. The number of amides is 1. The molecule has 0 radical (unpaired) electrons. The standard InChI is InChI=1S/C22H20N4O2/c1-13-5-7-14(8-6-13)18-12-20(28-26-18)22(27)23-16-9-10-17-19(11-16)25-21(24-17)15-3-2-4-15/h5-12,15H,2-4H2,1H3,(H,23,27)(H,24,25). The van der Waals surface area contributed by atoms with Crippen LogP contribution in [0.5, 0.6) is 0 Å². The lowest BCUT2D eigenvalue weighted by molar-refractivity contribution is 0.0988. The van der Waals surface area contributed by atoms with Crippen LogP contribution in [-0.4, -0.2) is 21.0 Å². The maximum atomic E-state index is 12.5. The van der Waals surface area contributed by atoms with E-state index in [9.17, 15) is 4.79 Å². The number of fused-ring (bicyclic) bond motifs is 1. The first-order valence-electron chi connectivity index (χ1n) is 9.50. The van der Waals surface area contributed by atoms with Crippen LogP contribution >= 0.6 is 0 Å². The van der Waals surface area contributed by atoms with Crippen LogP contribution in [0.2, 0.25) is 0 Å². The lowest BCUT2D eigenvalue weighted by Gasteiger charge is -2.22. The van der Waals surface area contributed by atoms with Crippen LogP contribution in [0.1, 0.15) is 47.1 Å². The third kappa shape index (κ3) is 3.07. The number of hydrogen-bond donors (Lipinski definition) is 2. The van der Waals surface area contributed by atoms with E-state index in [2.05, 4.69) is 20.4 Å². The lowest BCUT2D eigenvalue weighted by Crippen LogP contribution is -2.10. The Morgan fingerprint density at radius 2 is 1.96 bits per heavy atom. The molecule has 5 rings (SSSR count). The number of benzene rings is 2. The van der Waals surface area contributed by atoms with Crippen molar-refractivity contribution in [3.8, 4) is 11.3 Å². The Morgan fingerprint density at radius 1 is 1.14 bits per heavy atom. The predicted octanol–water partition coefficient (Wildman–Crippen LogP) is 5.05. The van der Waals surface area contributed by atoms with Crippen molar-refractivity contribution in [1.29, 1.82) is 0 Å². The van der Waals surface area contributed by atoms with Crippen molar-refractivity contribution >= 4 is 22.6 Å². The van der Waals surface area contributed by atoms with Gasteiger partial charge in [-0.25, -0.2) is 4.98 Å². The minimum absolute atomic E-state index is 0.176. The first-order valence-corrected chi connectivity index (χ1v) is 9.50. The van der Waals surface area contributed by atoms with Gasteiger partial charge in [0.05, 0.1) is 11.0 Å². The minimum Gasteiger partial charge on any atom is -0.350 e. The van der Waals surface area contributed by atoms with Gasteiger partial charge < -0.3 is 14.8 Å².